The first kappa shape index (κ1) is 14.6. The molecule has 0 spiro atoms. The van der Waals surface area contributed by atoms with Gasteiger partial charge in [-0.25, -0.2) is 4.79 Å². The number of carbonyl (C=O) groups excluding carboxylic acids is 1. The molecule has 4 nitrogen and oxygen atoms in total. The molecule has 1 aromatic carbocycles. The van der Waals surface area contributed by atoms with Crippen molar-refractivity contribution in [2.24, 2.45) is 0 Å². The molecule has 0 saturated heterocycles. The van der Waals surface area contributed by atoms with Gasteiger partial charge in [-0.05, 0) is 35.7 Å². The summed E-state index contributed by atoms with van der Waals surface area (Å²) in [6, 6.07) is 11.0. The Balaban J connectivity index is 1.79. The van der Waals surface area contributed by atoms with Crippen molar-refractivity contribution in [1.82, 2.24) is 0 Å². The summed E-state index contributed by atoms with van der Waals surface area (Å²) in [4.78, 5) is 13.0. The zero-order valence-corrected chi connectivity index (χ0v) is 11.9. The number of nitrogens with one attached hydrogen (secondary N) is 1. The van der Waals surface area contributed by atoms with E-state index in [2.05, 4.69) is 5.32 Å². The highest BCUT2D eigenvalue weighted by atomic mass is 32.1. The molecule has 0 atom stereocenters. The molecule has 0 amide bonds. The lowest BCUT2D eigenvalue weighted by Gasteiger charge is -2.06. The Morgan fingerprint density at radius 2 is 2.05 bits per heavy atom. The van der Waals surface area contributed by atoms with Crippen LogP contribution in [0, 0.1) is 0 Å². The van der Waals surface area contributed by atoms with Crippen LogP contribution in [0.5, 0.6) is 0 Å². The summed E-state index contributed by atoms with van der Waals surface area (Å²) in [6.45, 7) is 0.959. The average molecular weight is 291 g/mol. The van der Waals surface area contributed by atoms with Crippen molar-refractivity contribution in [2.75, 3.05) is 25.1 Å². The second-order valence-corrected chi connectivity index (χ2v) is 5.23. The van der Waals surface area contributed by atoms with Crippen molar-refractivity contribution in [3.05, 3.63) is 52.2 Å². The largest absolute Gasteiger partial charge is 0.462 e. The first-order chi connectivity index (χ1) is 9.79. The summed E-state index contributed by atoms with van der Waals surface area (Å²) in [5, 5.41) is 13.7. The Morgan fingerprint density at radius 1 is 1.25 bits per heavy atom. The third kappa shape index (κ3) is 4.36. The number of ether oxygens (including phenoxy) is 1. The molecule has 0 aliphatic carbocycles. The van der Waals surface area contributed by atoms with Crippen LogP contribution < -0.4 is 5.32 Å². The average Bonchev–Trinajstić information content (AvgIpc) is 2.99. The second-order valence-electron chi connectivity index (χ2n) is 4.19. The van der Waals surface area contributed by atoms with Crippen LogP contribution in [0.25, 0.3) is 0 Å². The fraction of sp³-hybridized carbons (Fsp3) is 0.267. The van der Waals surface area contributed by atoms with Crippen molar-refractivity contribution in [3.63, 3.8) is 0 Å². The number of aliphatic hydroxyl groups is 1. The topological polar surface area (TPSA) is 58.6 Å². The third-order valence-corrected chi connectivity index (χ3v) is 3.66. The summed E-state index contributed by atoms with van der Waals surface area (Å²) < 4.78 is 5.23. The van der Waals surface area contributed by atoms with Gasteiger partial charge in [0.25, 0.3) is 0 Å². The van der Waals surface area contributed by atoms with Gasteiger partial charge in [0.1, 0.15) is 0 Å². The molecule has 1 aromatic heterocycles. The summed E-state index contributed by atoms with van der Waals surface area (Å²) in [6.07, 6.45) is 0.750. The highest BCUT2D eigenvalue weighted by molar-refractivity contribution is 7.09. The van der Waals surface area contributed by atoms with Crippen LogP contribution >= 0.6 is 11.3 Å². The zero-order chi connectivity index (χ0) is 14.2. The van der Waals surface area contributed by atoms with Crippen LogP contribution in [0.15, 0.2) is 41.8 Å². The molecule has 2 rings (SSSR count). The molecule has 20 heavy (non-hydrogen) atoms. The van der Waals surface area contributed by atoms with E-state index >= 15 is 0 Å². The van der Waals surface area contributed by atoms with E-state index in [1.54, 1.807) is 35.6 Å². The first-order valence-electron chi connectivity index (χ1n) is 6.44. The Bertz CT molecular complexity index is 523. The highest BCUT2D eigenvalue weighted by Gasteiger charge is 2.07. The molecule has 0 aliphatic rings. The smallest absolute Gasteiger partial charge is 0.338 e. The Labute approximate surface area is 122 Å². The number of thiophene rings is 1. The van der Waals surface area contributed by atoms with Gasteiger partial charge in [0.15, 0.2) is 0 Å². The van der Waals surface area contributed by atoms with E-state index < -0.39 is 0 Å². The quantitative estimate of drug-likeness (QED) is 0.770. The van der Waals surface area contributed by atoms with E-state index in [0.29, 0.717) is 18.7 Å². The number of esters is 1. The monoisotopic (exact) mass is 291 g/mol. The Kier molecular flexibility index (Phi) is 5.58. The number of carbonyl (C=O) groups is 1. The lowest BCUT2D eigenvalue weighted by atomic mass is 10.2. The molecule has 0 saturated carbocycles. The van der Waals surface area contributed by atoms with Crippen LogP contribution in [0.4, 0.5) is 5.69 Å². The fourth-order valence-electron chi connectivity index (χ4n) is 1.71. The molecule has 2 N–H and O–H groups in total. The van der Waals surface area contributed by atoms with Gasteiger partial charge in [0.2, 0.25) is 0 Å². The number of benzene rings is 1. The van der Waals surface area contributed by atoms with E-state index in [4.69, 9.17) is 9.84 Å². The summed E-state index contributed by atoms with van der Waals surface area (Å²) in [5.74, 6) is -0.310. The van der Waals surface area contributed by atoms with Gasteiger partial charge in [-0.1, -0.05) is 6.07 Å². The molecule has 0 aliphatic heterocycles. The SMILES string of the molecule is O=C(OCCc1cccs1)c1ccc(NCCO)cc1. The van der Waals surface area contributed by atoms with Gasteiger partial charge in [0, 0.05) is 23.5 Å². The maximum atomic E-state index is 11.8. The number of aliphatic hydroxyl groups excluding tert-OH is 1. The lowest BCUT2D eigenvalue weighted by Crippen LogP contribution is -2.08. The van der Waals surface area contributed by atoms with Crippen molar-refractivity contribution in [1.29, 1.82) is 0 Å². The predicted octanol–water partition coefficient (Wildman–Crippen LogP) is 2.55. The lowest BCUT2D eigenvalue weighted by molar-refractivity contribution is 0.0510. The van der Waals surface area contributed by atoms with E-state index in [9.17, 15) is 4.79 Å². The number of hydrogen-bond acceptors (Lipinski definition) is 5. The summed E-state index contributed by atoms with van der Waals surface area (Å²) >= 11 is 1.66. The number of anilines is 1. The van der Waals surface area contributed by atoms with Crippen LogP contribution in [0.2, 0.25) is 0 Å². The number of rotatable bonds is 7. The van der Waals surface area contributed by atoms with E-state index in [-0.39, 0.29) is 12.6 Å². The first-order valence-corrected chi connectivity index (χ1v) is 7.32. The summed E-state index contributed by atoms with van der Waals surface area (Å²) in [5.41, 5.74) is 1.40. The molecule has 1 heterocycles. The van der Waals surface area contributed by atoms with Crippen molar-refractivity contribution >= 4 is 23.0 Å². The van der Waals surface area contributed by atoms with Gasteiger partial charge >= 0.3 is 5.97 Å². The molecule has 0 fully saturated rings. The van der Waals surface area contributed by atoms with Gasteiger partial charge in [0.05, 0.1) is 18.8 Å². The van der Waals surface area contributed by atoms with Gasteiger partial charge in [-0.3, -0.25) is 0 Å². The van der Waals surface area contributed by atoms with Crippen LogP contribution in [0.3, 0.4) is 0 Å². The Morgan fingerprint density at radius 3 is 2.70 bits per heavy atom. The Hall–Kier alpha value is -1.85. The molecule has 5 heteroatoms. The normalized spacial score (nSPS) is 10.2. The fourth-order valence-corrected chi connectivity index (χ4v) is 2.40. The minimum absolute atomic E-state index is 0.0759. The minimum Gasteiger partial charge on any atom is -0.462 e. The molecule has 2 aromatic rings. The van der Waals surface area contributed by atoms with Gasteiger partial charge < -0.3 is 15.2 Å². The van der Waals surface area contributed by atoms with Crippen molar-refractivity contribution in [3.8, 4) is 0 Å². The van der Waals surface area contributed by atoms with E-state index in [1.165, 1.54) is 4.88 Å². The molecule has 0 unspecified atom stereocenters. The maximum Gasteiger partial charge on any atom is 0.338 e. The molecular weight excluding hydrogens is 274 g/mol. The second kappa shape index (κ2) is 7.67. The third-order valence-electron chi connectivity index (χ3n) is 2.72. The van der Waals surface area contributed by atoms with Crippen molar-refractivity contribution < 1.29 is 14.6 Å². The van der Waals surface area contributed by atoms with E-state index in [1.807, 2.05) is 17.5 Å². The minimum atomic E-state index is -0.310. The van der Waals surface area contributed by atoms with Gasteiger partial charge in [-0.15, -0.1) is 11.3 Å². The van der Waals surface area contributed by atoms with Crippen LogP contribution in [-0.4, -0.2) is 30.8 Å². The molecule has 0 radical (unpaired) electrons. The molecular formula is C15H17NO3S. The maximum absolute atomic E-state index is 11.8. The number of hydrogen-bond donors (Lipinski definition) is 2. The molecule has 0 bridgehead atoms. The highest BCUT2D eigenvalue weighted by Crippen LogP contribution is 2.12. The van der Waals surface area contributed by atoms with Gasteiger partial charge in [-0.2, -0.15) is 0 Å². The van der Waals surface area contributed by atoms with Crippen LogP contribution in [-0.2, 0) is 11.2 Å². The van der Waals surface area contributed by atoms with E-state index in [0.717, 1.165) is 12.1 Å². The van der Waals surface area contributed by atoms with Crippen molar-refractivity contribution in [2.45, 2.75) is 6.42 Å². The standard InChI is InChI=1S/C15H17NO3S/c17-9-8-16-13-5-3-12(4-6-13)15(18)19-10-7-14-2-1-11-20-14/h1-6,11,16-17H,7-10H2. The van der Waals surface area contributed by atoms with Crippen LogP contribution in [0.1, 0.15) is 15.2 Å². The zero-order valence-electron chi connectivity index (χ0n) is 11.0. The molecule has 106 valence electrons. The summed E-state index contributed by atoms with van der Waals surface area (Å²) in [7, 11) is 0. The predicted molar refractivity (Wildman–Crippen MR) is 80.3 cm³/mol.